The maximum absolute atomic E-state index is 11.4. The third kappa shape index (κ3) is 2.36. The highest BCUT2D eigenvalue weighted by molar-refractivity contribution is 7.91. The molecular weight excluding hydrogens is 244 g/mol. The Bertz CT molecular complexity index is 355. The Balaban J connectivity index is 2.20. The first-order chi connectivity index (χ1) is 7.93. The lowest BCUT2D eigenvalue weighted by Gasteiger charge is -2.49. The van der Waals surface area contributed by atoms with Crippen LogP contribution in [0.1, 0.15) is 25.7 Å². The van der Waals surface area contributed by atoms with Crippen LogP contribution in [0.4, 0.5) is 0 Å². The van der Waals surface area contributed by atoms with Gasteiger partial charge in [0, 0.05) is 12.0 Å². The van der Waals surface area contributed by atoms with Gasteiger partial charge in [-0.05, 0) is 25.7 Å². The van der Waals surface area contributed by atoms with E-state index in [0.29, 0.717) is 25.9 Å². The van der Waals surface area contributed by atoms with Gasteiger partial charge in [0.2, 0.25) is 0 Å². The summed E-state index contributed by atoms with van der Waals surface area (Å²) in [6.45, 7) is 0.651. The minimum Gasteiger partial charge on any atom is -0.396 e. The molecule has 0 aromatic rings. The molecule has 0 bridgehead atoms. The standard InChI is InChI=1S/C11H20O5S/c12-8-10(3-6-17(14,15)7-4-10)11(13)2-1-5-16-9-11/h12-13H,1-9H2. The molecule has 0 amide bonds. The average molecular weight is 264 g/mol. The molecule has 0 aromatic carbocycles. The first kappa shape index (κ1) is 13.3. The molecule has 2 heterocycles. The molecule has 1 atom stereocenters. The first-order valence-corrected chi connectivity index (χ1v) is 7.87. The lowest BCUT2D eigenvalue weighted by Crippen LogP contribution is -2.58. The third-order valence-corrected chi connectivity index (χ3v) is 5.95. The monoisotopic (exact) mass is 264 g/mol. The number of rotatable bonds is 2. The van der Waals surface area contributed by atoms with Gasteiger partial charge in [-0.3, -0.25) is 0 Å². The summed E-state index contributed by atoms with van der Waals surface area (Å²) in [7, 11) is -2.99. The maximum Gasteiger partial charge on any atom is 0.150 e. The highest BCUT2D eigenvalue weighted by atomic mass is 32.2. The van der Waals surface area contributed by atoms with Gasteiger partial charge >= 0.3 is 0 Å². The molecular formula is C11H20O5S. The van der Waals surface area contributed by atoms with Crippen LogP contribution in [-0.4, -0.2) is 55.6 Å². The van der Waals surface area contributed by atoms with Crippen molar-refractivity contribution in [2.75, 3.05) is 31.3 Å². The summed E-state index contributed by atoms with van der Waals surface area (Å²) in [6, 6.07) is 0. The lowest BCUT2D eigenvalue weighted by atomic mass is 9.66. The zero-order valence-corrected chi connectivity index (χ0v) is 10.7. The lowest BCUT2D eigenvalue weighted by molar-refractivity contribution is -0.178. The molecule has 6 heteroatoms. The van der Waals surface area contributed by atoms with E-state index in [4.69, 9.17) is 4.74 Å². The summed E-state index contributed by atoms with van der Waals surface area (Å²) in [4.78, 5) is 0. The van der Waals surface area contributed by atoms with Gasteiger partial charge in [0.1, 0.15) is 9.84 Å². The van der Waals surface area contributed by atoms with E-state index in [9.17, 15) is 18.6 Å². The van der Waals surface area contributed by atoms with Crippen molar-refractivity contribution in [3.8, 4) is 0 Å². The van der Waals surface area contributed by atoms with Crippen LogP contribution in [-0.2, 0) is 14.6 Å². The molecule has 1 unspecified atom stereocenters. The predicted octanol–water partition coefficient (Wildman–Crippen LogP) is -0.285. The van der Waals surface area contributed by atoms with Gasteiger partial charge in [-0.25, -0.2) is 8.42 Å². The van der Waals surface area contributed by atoms with Crippen molar-refractivity contribution in [2.45, 2.75) is 31.3 Å². The van der Waals surface area contributed by atoms with E-state index in [2.05, 4.69) is 0 Å². The molecule has 17 heavy (non-hydrogen) atoms. The van der Waals surface area contributed by atoms with Gasteiger partial charge in [-0.15, -0.1) is 0 Å². The Morgan fingerprint density at radius 3 is 2.29 bits per heavy atom. The molecule has 2 rings (SSSR count). The molecule has 0 aliphatic carbocycles. The number of hydrogen-bond donors (Lipinski definition) is 2. The van der Waals surface area contributed by atoms with Crippen LogP contribution >= 0.6 is 0 Å². The molecule has 0 aromatic heterocycles. The molecule has 2 aliphatic rings. The number of aliphatic hydroxyl groups is 2. The topological polar surface area (TPSA) is 83.8 Å². The molecule has 0 saturated carbocycles. The second-order valence-electron chi connectivity index (χ2n) is 5.28. The van der Waals surface area contributed by atoms with Crippen molar-refractivity contribution in [3.63, 3.8) is 0 Å². The Labute approximate surface area is 102 Å². The molecule has 5 nitrogen and oxygen atoms in total. The van der Waals surface area contributed by atoms with Crippen LogP contribution in [0.3, 0.4) is 0 Å². The van der Waals surface area contributed by atoms with Crippen LogP contribution in [0.5, 0.6) is 0 Å². The summed E-state index contributed by atoms with van der Waals surface area (Å²) in [6.07, 6.45) is 1.98. The Morgan fingerprint density at radius 1 is 1.18 bits per heavy atom. The van der Waals surface area contributed by atoms with Crippen LogP contribution in [0.25, 0.3) is 0 Å². The number of sulfone groups is 1. The van der Waals surface area contributed by atoms with Gasteiger partial charge in [0.05, 0.1) is 30.3 Å². The summed E-state index contributed by atoms with van der Waals surface area (Å²) >= 11 is 0. The SMILES string of the molecule is O=S1(=O)CCC(CO)(C2(O)CCCOC2)CC1. The fraction of sp³-hybridized carbons (Fsp3) is 1.00. The van der Waals surface area contributed by atoms with Gasteiger partial charge in [0.15, 0.2) is 0 Å². The van der Waals surface area contributed by atoms with E-state index in [1.54, 1.807) is 0 Å². The first-order valence-electron chi connectivity index (χ1n) is 6.05. The zero-order chi connectivity index (χ0) is 12.6. The van der Waals surface area contributed by atoms with Crippen molar-refractivity contribution < 1.29 is 23.4 Å². The van der Waals surface area contributed by atoms with Crippen molar-refractivity contribution >= 4 is 9.84 Å². The Morgan fingerprint density at radius 2 is 1.82 bits per heavy atom. The summed E-state index contributed by atoms with van der Waals surface area (Å²) in [5.41, 5.74) is -1.78. The third-order valence-electron chi connectivity index (χ3n) is 4.29. The van der Waals surface area contributed by atoms with Crippen molar-refractivity contribution in [1.29, 1.82) is 0 Å². The maximum atomic E-state index is 11.4. The summed E-state index contributed by atoms with van der Waals surface area (Å²) in [5, 5.41) is 20.3. The van der Waals surface area contributed by atoms with E-state index >= 15 is 0 Å². The Kier molecular flexibility index (Phi) is 3.51. The van der Waals surface area contributed by atoms with E-state index in [-0.39, 0.29) is 24.7 Å². The Hall–Kier alpha value is -0.170. The second kappa shape index (κ2) is 4.50. The highest BCUT2D eigenvalue weighted by Gasteiger charge is 2.53. The van der Waals surface area contributed by atoms with Crippen LogP contribution < -0.4 is 0 Å². The van der Waals surface area contributed by atoms with E-state index in [1.165, 1.54) is 0 Å². The normalized spacial score (nSPS) is 36.6. The minimum absolute atomic E-state index is 0.0515. The average Bonchev–Trinajstić information content (AvgIpc) is 2.30. The number of aliphatic hydroxyl groups excluding tert-OH is 1. The van der Waals surface area contributed by atoms with Gasteiger partial charge in [-0.2, -0.15) is 0 Å². The van der Waals surface area contributed by atoms with Gasteiger partial charge in [-0.1, -0.05) is 0 Å². The van der Waals surface area contributed by atoms with Crippen LogP contribution in [0.2, 0.25) is 0 Å². The second-order valence-corrected chi connectivity index (χ2v) is 7.58. The molecule has 2 N–H and O–H groups in total. The van der Waals surface area contributed by atoms with Crippen LogP contribution in [0, 0.1) is 5.41 Å². The number of ether oxygens (including phenoxy) is 1. The van der Waals surface area contributed by atoms with E-state index < -0.39 is 20.9 Å². The van der Waals surface area contributed by atoms with Crippen molar-refractivity contribution in [1.82, 2.24) is 0 Å². The zero-order valence-electron chi connectivity index (χ0n) is 9.89. The van der Waals surface area contributed by atoms with E-state index in [1.807, 2.05) is 0 Å². The molecule has 2 saturated heterocycles. The van der Waals surface area contributed by atoms with Crippen molar-refractivity contribution in [2.24, 2.45) is 5.41 Å². The largest absolute Gasteiger partial charge is 0.396 e. The highest BCUT2D eigenvalue weighted by Crippen LogP contribution is 2.45. The quantitative estimate of drug-likeness (QED) is 0.716. The molecule has 0 radical (unpaired) electrons. The minimum atomic E-state index is -2.99. The summed E-state index contributed by atoms with van der Waals surface area (Å²) < 4.78 is 28.2. The predicted molar refractivity (Wildman–Crippen MR) is 62.4 cm³/mol. The van der Waals surface area contributed by atoms with Gasteiger partial charge < -0.3 is 14.9 Å². The molecule has 100 valence electrons. The fourth-order valence-corrected chi connectivity index (χ4v) is 4.51. The molecule has 2 fully saturated rings. The van der Waals surface area contributed by atoms with Crippen molar-refractivity contribution in [3.05, 3.63) is 0 Å². The van der Waals surface area contributed by atoms with E-state index in [0.717, 1.165) is 6.42 Å². The summed E-state index contributed by atoms with van der Waals surface area (Å²) in [5.74, 6) is 0.103. The smallest absolute Gasteiger partial charge is 0.150 e. The number of hydrogen-bond acceptors (Lipinski definition) is 5. The van der Waals surface area contributed by atoms with Gasteiger partial charge in [0.25, 0.3) is 0 Å². The van der Waals surface area contributed by atoms with Crippen LogP contribution in [0.15, 0.2) is 0 Å². The fourth-order valence-electron chi connectivity index (χ4n) is 2.90. The molecule has 2 aliphatic heterocycles. The molecule has 0 spiro atoms.